The third-order valence-electron chi connectivity index (χ3n) is 3.72. The van der Waals surface area contributed by atoms with E-state index in [4.69, 9.17) is 9.83 Å². The molecule has 27 heavy (non-hydrogen) atoms. The van der Waals surface area contributed by atoms with Crippen LogP contribution in [-0.2, 0) is 14.6 Å². The van der Waals surface area contributed by atoms with Crippen molar-refractivity contribution in [3.8, 4) is 11.3 Å². The second-order valence-corrected chi connectivity index (χ2v) is 8.87. The fourth-order valence-electron chi connectivity index (χ4n) is 2.45. The molecule has 0 fully saturated rings. The number of amidine groups is 2. The lowest BCUT2D eigenvalue weighted by atomic mass is 10.1. The number of nitrogens with one attached hydrogen (secondary N) is 1. The molecular formula is C17H12N4O4S2. The molecule has 0 aliphatic carbocycles. The van der Waals surface area contributed by atoms with Gasteiger partial charge >= 0.3 is 0 Å². The summed E-state index contributed by atoms with van der Waals surface area (Å²) in [6, 6.07) is 12.9. The molecule has 0 saturated carbocycles. The average molecular weight is 400 g/mol. The van der Waals surface area contributed by atoms with Gasteiger partial charge in [-0.25, -0.2) is 8.42 Å². The molecule has 2 aliphatic heterocycles. The summed E-state index contributed by atoms with van der Waals surface area (Å²) < 4.78 is 28.8. The maximum Gasteiger partial charge on any atom is 0.283 e. The Morgan fingerprint density at radius 2 is 1.93 bits per heavy atom. The number of sulfone groups is 1. The van der Waals surface area contributed by atoms with E-state index in [0.717, 1.165) is 28.6 Å². The van der Waals surface area contributed by atoms with Crippen molar-refractivity contribution in [1.29, 1.82) is 5.41 Å². The van der Waals surface area contributed by atoms with E-state index in [-0.39, 0.29) is 21.0 Å². The molecule has 0 bridgehead atoms. The Labute approximate surface area is 158 Å². The van der Waals surface area contributed by atoms with E-state index in [9.17, 15) is 13.2 Å². The lowest BCUT2D eigenvalue weighted by Crippen LogP contribution is -2.35. The standard InChI is InChI=1S/C17H12N4O4S2/c1-27(23,24)17-20-21-14(18)12(15(22)19-16(21)26-17)9-11-7-8-13(25-11)10-5-3-2-4-6-10/h2-9,18H,1H3/b12-9+,18-14?. The molecule has 0 atom stereocenters. The van der Waals surface area contributed by atoms with Crippen molar-refractivity contribution in [2.45, 2.75) is 0 Å². The number of hydrogen-bond acceptors (Lipinski definition) is 7. The number of hydrogen-bond donors (Lipinski definition) is 1. The average Bonchev–Trinajstić information content (AvgIpc) is 3.26. The first-order chi connectivity index (χ1) is 12.8. The summed E-state index contributed by atoms with van der Waals surface area (Å²) in [5.74, 6) is 0.0884. The predicted octanol–water partition coefficient (Wildman–Crippen LogP) is 2.57. The maximum absolute atomic E-state index is 12.3. The van der Waals surface area contributed by atoms with Crippen molar-refractivity contribution in [2.75, 3.05) is 6.26 Å². The highest BCUT2D eigenvalue weighted by atomic mass is 32.3. The number of fused-ring (bicyclic) bond motifs is 1. The summed E-state index contributed by atoms with van der Waals surface area (Å²) in [5.41, 5.74) is 0.845. The van der Waals surface area contributed by atoms with Gasteiger partial charge < -0.3 is 4.42 Å². The van der Waals surface area contributed by atoms with Gasteiger partial charge in [-0.1, -0.05) is 30.3 Å². The van der Waals surface area contributed by atoms with Gasteiger partial charge in [0.1, 0.15) is 11.5 Å². The van der Waals surface area contributed by atoms with E-state index >= 15 is 0 Å². The second kappa shape index (κ2) is 6.32. The normalized spacial score (nSPS) is 18.6. The Bertz CT molecular complexity index is 1160. The Morgan fingerprint density at radius 3 is 2.63 bits per heavy atom. The summed E-state index contributed by atoms with van der Waals surface area (Å²) >= 11 is 0.744. The molecule has 136 valence electrons. The SMILES string of the molecule is CS(=O)(=O)C1=NN2C(=N)/C(=C\c3ccc(-c4ccccc4)o3)C(=O)N=C2S1. The fraction of sp³-hybridized carbons (Fsp3) is 0.0588. The highest BCUT2D eigenvalue weighted by Gasteiger charge is 2.38. The van der Waals surface area contributed by atoms with E-state index in [0.29, 0.717) is 11.5 Å². The Morgan fingerprint density at radius 1 is 1.19 bits per heavy atom. The van der Waals surface area contributed by atoms with Gasteiger partial charge in [0.05, 0.1) is 5.57 Å². The molecule has 0 spiro atoms. The van der Waals surface area contributed by atoms with Crippen LogP contribution in [0.4, 0.5) is 0 Å². The molecular weight excluding hydrogens is 388 g/mol. The van der Waals surface area contributed by atoms with Gasteiger partial charge in [-0.3, -0.25) is 10.2 Å². The van der Waals surface area contributed by atoms with Crippen molar-refractivity contribution in [1.82, 2.24) is 5.01 Å². The molecule has 1 aromatic heterocycles. The number of carbonyl (C=O) groups excluding carboxylic acids is 1. The number of benzene rings is 1. The third-order valence-corrected chi connectivity index (χ3v) is 6.30. The molecule has 10 heteroatoms. The smallest absolute Gasteiger partial charge is 0.283 e. The zero-order valence-corrected chi connectivity index (χ0v) is 15.5. The number of furan rings is 1. The summed E-state index contributed by atoms with van der Waals surface area (Å²) in [7, 11) is -3.56. The zero-order chi connectivity index (χ0) is 19.2. The van der Waals surface area contributed by atoms with Gasteiger partial charge in [-0.2, -0.15) is 10.0 Å². The summed E-state index contributed by atoms with van der Waals surface area (Å²) in [6.45, 7) is 0. The van der Waals surface area contributed by atoms with Crippen molar-refractivity contribution < 1.29 is 17.6 Å². The van der Waals surface area contributed by atoms with Crippen molar-refractivity contribution in [2.24, 2.45) is 10.1 Å². The first kappa shape index (κ1) is 17.4. The van der Waals surface area contributed by atoms with Gasteiger partial charge in [0.25, 0.3) is 5.91 Å². The minimum Gasteiger partial charge on any atom is -0.457 e. The molecule has 2 aromatic rings. The van der Waals surface area contributed by atoms with Crippen LogP contribution in [0, 0.1) is 5.41 Å². The van der Waals surface area contributed by atoms with Gasteiger partial charge in [0.2, 0.25) is 19.4 Å². The van der Waals surface area contributed by atoms with Crippen LogP contribution >= 0.6 is 11.8 Å². The molecule has 0 radical (unpaired) electrons. The van der Waals surface area contributed by atoms with Crippen molar-refractivity contribution in [3.63, 3.8) is 0 Å². The number of hydrazone groups is 1. The van der Waals surface area contributed by atoms with E-state index in [1.165, 1.54) is 6.08 Å². The van der Waals surface area contributed by atoms with E-state index < -0.39 is 15.7 Å². The number of aliphatic imine (C=N–C) groups is 1. The summed E-state index contributed by atoms with van der Waals surface area (Å²) in [5, 5.41) is 13.2. The highest BCUT2D eigenvalue weighted by molar-refractivity contribution is 8.42. The first-order valence-electron chi connectivity index (χ1n) is 7.68. The summed E-state index contributed by atoms with van der Waals surface area (Å²) in [4.78, 5) is 16.1. The highest BCUT2D eigenvalue weighted by Crippen LogP contribution is 2.30. The lowest BCUT2D eigenvalue weighted by Gasteiger charge is -2.19. The van der Waals surface area contributed by atoms with Crippen LogP contribution in [0.25, 0.3) is 17.4 Å². The zero-order valence-electron chi connectivity index (χ0n) is 13.9. The topological polar surface area (TPSA) is 116 Å². The van der Waals surface area contributed by atoms with Crippen LogP contribution in [0.3, 0.4) is 0 Å². The molecule has 1 amide bonds. The lowest BCUT2D eigenvalue weighted by molar-refractivity contribution is -0.114. The monoisotopic (exact) mass is 400 g/mol. The number of amides is 1. The molecule has 1 N–H and O–H groups in total. The molecule has 4 rings (SSSR count). The molecule has 0 saturated heterocycles. The van der Waals surface area contributed by atoms with Gasteiger partial charge in [0.15, 0.2) is 5.84 Å². The third kappa shape index (κ3) is 3.24. The maximum atomic E-state index is 12.3. The Balaban J connectivity index is 1.68. The number of carbonyl (C=O) groups is 1. The van der Waals surface area contributed by atoms with Crippen LogP contribution in [0.15, 0.2) is 62.5 Å². The van der Waals surface area contributed by atoms with Crippen LogP contribution in [-0.4, -0.2) is 41.0 Å². The largest absolute Gasteiger partial charge is 0.457 e. The van der Waals surface area contributed by atoms with Crippen LogP contribution in [0.2, 0.25) is 0 Å². The minimum atomic E-state index is -3.56. The first-order valence-corrected chi connectivity index (χ1v) is 10.4. The molecule has 2 aliphatic rings. The Kier molecular flexibility index (Phi) is 4.08. The van der Waals surface area contributed by atoms with Crippen LogP contribution in [0.5, 0.6) is 0 Å². The van der Waals surface area contributed by atoms with Crippen molar-refractivity contribution in [3.05, 3.63) is 53.8 Å². The molecule has 3 heterocycles. The van der Waals surface area contributed by atoms with Gasteiger partial charge in [-0.15, -0.1) is 5.10 Å². The molecule has 8 nitrogen and oxygen atoms in total. The second-order valence-electron chi connectivity index (χ2n) is 5.73. The predicted molar refractivity (Wildman–Crippen MR) is 104 cm³/mol. The number of nitrogens with zero attached hydrogens (tertiary/aromatic N) is 3. The van der Waals surface area contributed by atoms with E-state index in [1.54, 1.807) is 12.1 Å². The van der Waals surface area contributed by atoms with Gasteiger partial charge in [0, 0.05) is 11.8 Å². The fourth-order valence-corrected chi connectivity index (χ4v) is 4.14. The number of rotatable bonds is 2. The van der Waals surface area contributed by atoms with Gasteiger partial charge in [-0.05, 0) is 30.0 Å². The van der Waals surface area contributed by atoms with E-state index in [1.807, 2.05) is 30.3 Å². The number of thioether (sulfide) groups is 1. The van der Waals surface area contributed by atoms with Crippen LogP contribution < -0.4 is 0 Å². The molecule has 1 aromatic carbocycles. The quantitative estimate of drug-likeness (QED) is 0.775. The Hall–Kier alpha value is -2.98. The molecule has 0 unspecified atom stereocenters. The minimum absolute atomic E-state index is 0.0354. The summed E-state index contributed by atoms with van der Waals surface area (Å²) in [6.07, 6.45) is 2.41. The van der Waals surface area contributed by atoms with E-state index in [2.05, 4.69) is 10.1 Å². The van der Waals surface area contributed by atoms with Crippen LogP contribution in [0.1, 0.15) is 5.76 Å². The van der Waals surface area contributed by atoms with Crippen molar-refractivity contribution >= 4 is 49.0 Å².